The number of hydrogen-bond acceptors (Lipinski definition) is 3. The number of aromatic hydroxyl groups is 1. The maximum absolute atomic E-state index is 12.8. The van der Waals surface area contributed by atoms with E-state index < -0.39 is 0 Å². The first-order chi connectivity index (χ1) is 11.5. The lowest BCUT2D eigenvalue weighted by atomic mass is 9.78. The number of benzene rings is 2. The molecule has 0 unspecified atom stereocenters. The molecule has 0 amide bonds. The lowest BCUT2D eigenvalue weighted by Gasteiger charge is -2.28. The van der Waals surface area contributed by atoms with Crippen molar-refractivity contribution < 1.29 is 9.90 Å². The van der Waals surface area contributed by atoms with Crippen LogP contribution in [0, 0.1) is 0 Å². The molecule has 1 aliphatic rings. The van der Waals surface area contributed by atoms with Gasteiger partial charge in [0.05, 0.1) is 5.69 Å². The highest BCUT2D eigenvalue weighted by molar-refractivity contribution is 6.54. The summed E-state index contributed by atoms with van der Waals surface area (Å²) in [5, 5.41) is 10.8. The molecule has 1 heterocycles. The number of rotatable bonds is 1. The summed E-state index contributed by atoms with van der Waals surface area (Å²) < 4.78 is 0. The van der Waals surface area contributed by atoms with E-state index in [-0.39, 0.29) is 16.6 Å². The number of Topliss-reactive ketones (excluding diaryl/α,β-unsaturated/α-hetero) is 1. The Morgan fingerprint density at radius 2 is 1.40 bits per heavy atom. The van der Waals surface area contributed by atoms with Gasteiger partial charge >= 0.3 is 0 Å². The van der Waals surface area contributed by atoms with Crippen LogP contribution in [0.15, 0.2) is 41.4 Å². The third-order valence-corrected chi connectivity index (χ3v) is 4.60. The van der Waals surface area contributed by atoms with Gasteiger partial charge in [-0.2, -0.15) is 0 Å². The molecule has 0 aliphatic carbocycles. The van der Waals surface area contributed by atoms with Crippen LogP contribution in [0.25, 0.3) is 0 Å². The number of carbonyl (C=O) groups excluding carboxylic acids is 1. The first-order valence-corrected chi connectivity index (χ1v) is 8.61. The summed E-state index contributed by atoms with van der Waals surface area (Å²) in [6.45, 7) is 12.4. The van der Waals surface area contributed by atoms with Crippen molar-refractivity contribution in [2.75, 3.05) is 0 Å². The molecule has 3 rings (SSSR count). The highest BCUT2D eigenvalue weighted by atomic mass is 16.3. The molecule has 0 bridgehead atoms. The van der Waals surface area contributed by atoms with Crippen molar-refractivity contribution in [2.45, 2.75) is 52.4 Å². The minimum absolute atomic E-state index is 0.0546. The Kier molecular flexibility index (Phi) is 3.86. The average molecular weight is 335 g/mol. The Morgan fingerprint density at radius 3 is 1.88 bits per heavy atom. The van der Waals surface area contributed by atoms with Gasteiger partial charge in [-0.3, -0.25) is 4.79 Å². The largest absolute Gasteiger partial charge is 0.507 e. The standard InChI is InChI=1S/C22H25NO2/c1-21(2,3)15-11-13(12-16(20(15)25)22(4,5)6)18-19(24)14-9-7-8-10-17(14)23-18/h7-12,25H,1-6H3. The van der Waals surface area contributed by atoms with Crippen molar-refractivity contribution >= 4 is 17.2 Å². The molecule has 1 N–H and O–H groups in total. The van der Waals surface area contributed by atoms with E-state index in [1.54, 1.807) is 0 Å². The van der Waals surface area contributed by atoms with Gasteiger partial charge in [-0.1, -0.05) is 53.7 Å². The van der Waals surface area contributed by atoms with Gasteiger partial charge < -0.3 is 5.11 Å². The molecule has 0 atom stereocenters. The molecule has 0 radical (unpaired) electrons. The van der Waals surface area contributed by atoms with Crippen LogP contribution < -0.4 is 0 Å². The van der Waals surface area contributed by atoms with Crippen molar-refractivity contribution in [3.63, 3.8) is 0 Å². The Morgan fingerprint density at radius 1 is 0.880 bits per heavy atom. The second-order valence-corrected chi connectivity index (χ2v) is 8.73. The van der Waals surface area contributed by atoms with Crippen molar-refractivity contribution in [3.8, 4) is 5.75 Å². The van der Waals surface area contributed by atoms with Gasteiger partial charge in [0.2, 0.25) is 5.78 Å². The van der Waals surface area contributed by atoms with Crippen molar-refractivity contribution in [3.05, 3.63) is 58.7 Å². The molecule has 3 heteroatoms. The highest BCUT2D eigenvalue weighted by Crippen LogP contribution is 2.41. The van der Waals surface area contributed by atoms with Crippen molar-refractivity contribution in [1.29, 1.82) is 0 Å². The molecule has 0 spiro atoms. The summed E-state index contributed by atoms with van der Waals surface area (Å²) >= 11 is 0. The number of carbonyl (C=O) groups is 1. The maximum Gasteiger partial charge on any atom is 0.214 e. The summed E-state index contributed by atoms with van der Waals surface area (Å²) in [4.78, 5) is 17.4. The van der Waals surface area contributed by atoms with Crippen LogP contribution in [0.2, 0.25) is 0 Å². The van der Waals surface area contributed by atoms with E-state index in [0.717, 1.165) is 16.7 Å². The van der Waals surface area contributed by atoms with E-state index in [0.29, 0.717) is 22.7 Å². The van der Waals surface area contributed by atoms with Gasteiger partial charge in [0.1, 0.15) is 11.5 Å². The minimum Gasteiger partial charge on any atom is -0.507 e. The summed E-state index contributed by atoms with van der Waals surface area (Å²) in [6, 6.07) is 11.2. The smallest absolute Gasteiger partial charge is 0.214 e. The van der Waals surface area contributed by atoms with Crippen molar-refractivity contribution in [2.24, 2.45) is 4.99 Å². The number of nitrogens with zero attached hydrogens (tertiary/aromatic N) is 1. The lowest BCUT2D eigenvalue weighted by Crippen LogP contribution is -2.20. The number of hydrogen-bond donors (Lipinski definition) is 1. The van der Waals surface area contributed by atoms with E-state index in [1.807, 2.05) is 36.4 Å². The zero-order valence-corrected chi connectivity index (χ0v) is 15.8. The van der Waals surface area contributed by atoms with Gasteiger partial charge in [0, 0.05) is 22.3 Å². The predicted molar refractivity (Wildman–Crippen MR) is 102 cm³/mol. The van der Waals surface area contributed by atoms with E-state index in [9.17, 15) is 9.90 Å². The summed E-state index contributed by atoms with van der Waals surface area (Å²) in [6.07, 6.45) is 0. The molecule has 3 nitrogen and oxygen atoms in total. The lowest BCUT2D eigenvalue weighted by molar-refractivity contribution is 0.107. The number of fused-ring (bicyclic) bond motifs is 1. The topological polar surface area (TPSA) is 49.7 Å². The highest BCUT2D eigenvalue weighted by Gasteiger charge is 2.31. The van der Waals surface area contributed by atoms with Crippen molar-refractivity contribution in [1.82, 2.24) is 0 Å². The maximum atomic E-state index is 12.8. The summed E-state index contributed by atoms with van der Waals surface area (Å²) in [5.41, 5.74) is 3.77. The number of phenolic OH excluding ortho intramolecular Hbond substituents is 1. The van der Waals surface area contributed by atoms with Gasteiger partial charge in [-0.05, 0) is 35.1 Å². The van der Waals surface area contributed by atoms with Gasteiger partial charge in [-0.25, -0.2) is 4.99 Å². The number of ketones is 1. The Hall–Kier alpha value is -2.42. The summed E-state index contributed by atoms with van der Waals surface area (Å²) in [7, 11) is 0. The molecule has 25 heavy (non-hydrogen) atoms. The van der Waals surface area contributed by atoms with E-state index in [4.69, 9.17) is 0 Å². The van der Waals surface area contributed by atoms with Crippen LogP contribution in [0.4, 0.5) is 5.69 Å². The fraction of sp³-hybridized carbons (Fsp3) is 0.364. The molecule has 130 valence electrons. The molecular formula is C22H25NO2. The van der Waals surface area contributed by atoms with Gasteiger partial charge in [0.15, 0.2) is 0 Å². The predicted octanol–water partition coefficient (Wildman–Crippen LogP) is 5.30. The van der Waals surface area contributed by atoms with Crippen LogP contribution >= 0.6 is 0 Å². The van der Waals surface area contributed by atoms with E-state index in [1.165, 1.54) is 0 Å². The van der Waals surface area contributed by atoms with Crippen LogP contribution in [0.5, 0.6) is 5.75 Å². The molecule has 0 fully saturated rings. The fourth-order valence-corrected chi connectivity index (χ4v) is 3.17. The molecule has 0 saturated carbocycles. The number of phenols is 1. The zero-order valence-electron chi connectivity index (χ0n) is 15.8. The van der Waals surface area contributed by atoms with Crippen LogP contribution in [0.3, 0.4) is 0 Å². The van der Waals surface area contributed by atoms with Gasteiger partial charge in [0.25, 0.3) is 0 Å². The molecular weight excluding hydrogens is 310 g/mol. The summed E-state index contributed by atoms with van der Waals surface area (Å²) in [5.74, 6) is 0.258. The SMILES string of the molecule is CC(C)(C)c1cc(C2=Nc3ccccc3C2=O)cc(C(C)(C)C)c1O. The molecule has 2 aromatic rings. The number of para-hydroxylation sites is 1. The number of aliphatic imine (C=N–C) groups is 1. The fourth-order valence-electron chi connectivity index (χ4n) is 3.17. The van der Waals surface area contributed by atoms with Crippen LogP contribution in [-0.4, -0.2) is 16.6 Å². The second kappa shape index (κ2) is 5.55. The Bertz CT molecular complexity index is 858. The third-order valence-electron chi connectivity index (χ3n) is 4.60. The quantitative estimate of drug-likeness (QED) is 0.768. The minimum atomic E-state index is -0.241. The first-order valence-electron chi connectivity index (χ1n) is 8.61. The zero-order chi connectivity index (χ0) is 18.6. The molecule has 0 saturated heterocycles. The van der Waals surface area contributed by atoms with Gasteiger partial charge in [-0.15, -0.1) is 0 Å². The third kappa shape index (κ3) is 2.99. The monoisotopic (exact) mass is 335 g/mol. The van der Waals surface area contributed by atoms with E-state index in [2.05, 4.69) is 46.5 Å². The van der Waals surface area contributed by atoms with E-state index >= 15 is 0 Å². The van der Waals surface area contributed by atoms with Crippen LogP contribution in [-0.2, 0) is 10.8 Å². The normalized spacial score (nSPS) is 14.5. The average Bonchev–Trinajstić information content (AvgIpc) is 2.83. The first kappa shape index (κ1) is 17.4. The molecule has 0 aromatic heterocycles. The second-order valence-electron chi connectivity index (χ2n) is 8.73. The molecule has 1 aliphatic heterocycles. The molecule has 2 aromatic carbocycles. The van der Waals surface area contributed by atoms with Crippen LogP contribution in [0.1, 0.15) is 68.6 Å². The Balaban J connectivity index is 2.24. The Labute approximate surface area is 149 Å².